The Morgan fingerprint density at radius 3 is 2.11 bits per heavy atom. The maximum absolute atomic E-state index is 12.5. The van der Waals surface area contributed by atoms with E-state index in [0.717, 1.165) is 11.1 Å². The van der Waals surface area contributed by atoms with Crippen molar-refractivity contribution in [3.63, 3.8) is 0 Å². The topological polar surface area (TPSA) is 71.1 Å². The highest BCUT2D eigenvalue weighted by molar-refractivity contribution is 9.10. The summed E-state index contributed by atoms with van der Waals surface area (Å²) in [6.07, 6.45) is 0. The van der Waals surface area contributed by atoms with Crippen molar-refractivity contribution in [1.29, 1.82) is 0 Å². The Balaban J connectivity index is 1.29. The molecule has 0 radical (unpaired) electrons. The Kier molecular flexibility index (Phi) is 8.72. The van der Waals surface area contributed by atoms with Crippen LogP contribution in [0.25, 0.3) is 11.1 Å². The van der Waals surface area contributed by atoms with Gasteiger partial charge in [0.25, 0.3) is 0 Å². The maximum atomic E-state index is 12.5. The van der Waals surface area contributed by atoms with Gasteiger partial charge < -0.3 is 18.9 Å². The molecule has 0 amide bonds. The maximum Gasteiger partial charge on any atom is 0.349 e. The number of ether oxygens (including phenoxy) is 4. The van der Waals surface area contributed by atoms with Gasteiger partial charge in [0.1, 0.15) is 36.0 Å². The quantitative estimate of drug-likeness (QED) is 0.131. The molecule has 0 unspecified atom stereocenters. The van der Waals surface area contributed by atoms with Gasteiger partial charge in [0.05, 0.1) is 4.47 Å². The lowest BCUT2D eigenvalue weighted by molar-refractivity contribution is -0.136. The van der Waals surface area contributed by atoms with Crippen molar-refractivity contribution in [1.82, 2.24) is 0 Å². The van der Waals surface area contributed by atoms with Crippen LogP contribution < -0.4 is 14.2 Å². The van der Waals surface area contributed by atoms with Gasteiger partial charge in [-0.1, -0.05) is 66.7 Å². The van der Waals surface area contributed by atoms with Crippen molar-refractivity contribution in [2.24, 2.45) is 0 Å². The Hall–Kier alpha value is -4.10. The van der Waals surface area contributed by atoms with Crippen LogP contribution >= 0.6 is 15.9 Å². The van der Waals surface area contributed by atoms with E-state index in [1.54, 1.807) is 18.2 Å². The highest BCUT2D eigenvalue weighted by Gasteiger charge is 2.17. The third-order valence-corrected chi connectivity index (χ3v) is 5.66. The van der Waals surface area contributed by atoms with Crippen LogP contribution in [-0.2, 0) is 9.53 Å². The summed E-state index contributed by atoms with van der Waals surface area (Å²) in [6, 6.07) is 31.1. The van der Waals surface area contributed by atoms with Crippen LogP contribution in [0.4, 0.5) is 0 Å². The second kappa shape index (κ2) is 12.6. The molecule has 4 aromatic rings. The van der Waals surface area contributed by atoms with Gasteiger partial charge in [0, 0.05) is 0 Å². The van der Waals surface area contributed by atoms with E-state index in [4.69, 9.17) is 18.9 Å². The molecule has 0 atom stereocenters. The molecule has 0 saturated carbocycles. The fourth-order valence-electron chi connectivity index (χ4n) is 3.33. The van der Waals surface area contributed by atoms with Crippen LogP contribution in [0.3, 0.4) is 0 Å². The van der Waals surface area contributed by atoms with Crippen LogP contribution in [0, 0.1) is 0 Å². The molecule has 182 valence electrons. The fourth-order valence-corrected chi connectivity index (χ4v) is 3.82. The lowest BCUT2D eigenvalue weighted by Gasteiger charge is -2.12. The normalized spacial score (nSPS) is 10.4. The first-order valence-electron chi connectivity index (χ1n) is 11.2. The summed E-state index contributed by atoms with van der Waals surface area (Å²) in [5, 5.41) is 0. The first kappa shape index (κ1) is 25.0. The number of esters is 2. The molecule has 0 saturated heterocycles. The third-order valence-electron chi connectivity index (χ3n) is 5.04. The summed E-state index contributed by atoms with van der Waals surface area (Å²) < 4.78 is 22.5. The van der Waals surface area contributed by atoms with Gasteiger partial charge in [-0.25, -0.2) is 9.59 Å². The molecule has 0 spiro atoms. The number of carbonyl (C=O) groups is 2. The molecular formula is C29H23BrO6. The summed E-state index contributed by atoms with van der Waals surface area (Å²) in [7, 11) is 0. The molecule has 0 fully saturated rings. The van der Waals surface area contributed by atoms with Crippen LogP contribution in [0.2, 0.25) is 0 Å². The standard InChI is InChI=1S/C29H23BrO6/c30-25-19-22(21-9-3-1-4-10-21)15-16-27(25)35-20-28(31)36-26-14-8-7-13-24(26)29(32)34-18-17-33-23-11-5-2-6-12-23/h1-16,19H,17-18,20H2. The van der Waals surface area contributed by atoms with E-state index in [9.17, 15) is 9.59 Å². The second-order valence-electron chi connectivity index (χ2n) is 7.57. The van der Waals surface area contributed by atoms with Gasteiger partial charge in [-0.2, -0.15) is 0 Å². The smallest absolute Gasteiger partial charge is 0.349 e. The van der Waals surface area contributed by atoms with Gasteiger partial charge in [-0.15, -0.1) is 0 Å². The van der Waals surface area contributed by atoms with Crippen molar-refractivity contribution in [2.75, 3.05) is 19.8 Å². The second-order valence-corrected chi connectivity index (χ2v) is 8.42. The van der Waals surface area contributed by atoms with Crippen molar-refractivity contribution in [3.05, 3.63) is 113 Å². The Bertz CT molecular complexity index is 1310. The summed E-state index contributed by atoms with van der Waals surface area (Å²) in [5.74, 6) is 0.0115. The minimum absolute atomic E-state index is 0.0477. The molecule has 0 aliphatic carbocycles. The highest BCUT2D eigenvalue weighted by Crippen LogP contribution is 2.31. The predicted molar refractivity (Wildman–Crippen MR) is 139 cm³/mol. The van der Waals surface area contributed by atoms with Gasteiger partial charge in [-0.3, -0.25) is 0 Å². The molecule has 36 heavy (non-hydrogen) atoms. The van der Waals surface area contributed by atoms with E-state index >= 15 is 0 Å². The average Bonchev–Trinajstić information content (AvgIpc) is 2.91. The molecular weight excluding hydrogens is 524 g/mol. The van der Waals surface area contributed by atoms with E-state index in [2.05, 4.69) is 15.9 Å². The van der Waals surface area contributed by atoms with Gasteiger partial charge >= 0.3 is 11.9 Å². The summed E-state index contributed by atoms with van der Waals surface area (Å²) in [6.45, 7) is -0.0901. The number of rotatable bonds is 10. The number of halogens is 1. The van der Waals surface area contributed by atoms with Gasteiger partial charge in [-0.05, 0) is 63.5 Å². The molecule has 0 N–H and O–H groups in total. The van der Waals surface area contributed by atoms with Crippen molar-refractivity contribution in [2.45, 2.75) is 0 Å². The van der Waals surface area contributed by atoms with E-state index in [0.29, 0.717) is 16.0 Å². The number of carbonyl (C=O) groups excluding carboxylic acids is 2. The molecule has 0 bridgehead atoms. The largest absolute Gasteiger partial charge is 0.490 e. The minimum Gasteiger partial charge on any atom is -0.490 e. The lowest BCUT2D eigenvalue weighted by Crippen LogP contribution is -2.20. The zero-order chi connectivity index (χ0) is 25.2. The predicted octanol–water partition coefficient (Wildman–Crippen LogP) is 6.34. The molecule has 4 aromatic carbocycles. The zero-order valence-corrected chi connectivity index (χ0v) is 20.8. The van der Waals surface area contributed by atoms with Crippen LogP contribution in [-0.4, -0.2) is 31.8 Å². The van der Waals surface area contributed by atoms with Gasteiger partial charge in [0.15, 0.2) is 6.61 Å². The van der Waals surface area contributed by atoms with Crippen LogP contribution in [0.15, 0.2) is 108 Å². The SMILES string of the molecule is O=C(COc1ccc(-c2ccccc2)cc1Br)Oc1ccccc1C(=O)OCCOc1ccccc1. The van der Waals surface area contributed by atoms with E-state index in [1.165, 1.54) is 12.1 Å². The van der Waals surface area contributed by atoms with E-state index in [1.807, 2.05) is 72.8 Å². The Morgan fingerprint density at radius 1 is 0.667 bits per heavy atom. The molecule has 7 heteroatoms. The Labute approximate surface area is 217 Å². The van der Waals surface area contributed by atoms with Gasteiger partial charge in [0.2, 0.25) is 0 Å². The summed E-state index contributed by atoms with van der Waals surface area (Å²) >= 11 is 3.49. The monoisotopic (exact) mass is 546 g/mol. The molecule has 0 heterocycles. The summed E-state index contributed by atoms with van der Waals surface area (Å²) in [5.41, 5.74) is 2.22. The van der Waals surface area contributed by atoms with Crippen molar-refractivity contribution in [3.8, 4) is 28.4 Å². The molecule has 6 nitrogen and oxygen atoms in total. The number of hydrogen-bond acceptors (Lipinski definition) is 6. The van der Waals surface area contributed by atoms with Crippen LogP contribution in [0.1, 0.15) is 10.4 Å². The van der Waals surface area contributed by atoms with Crippen LogP contribution in [0.5, 0.6) is 17.2 Å². The minimum atomic E-state index is -0.651. The molecule has 0 aliphatic rings. The fraction of sp³-hybridized carbons (Fsp3) is 0.103. The first-order valence-corrected chi connectivity index (χ1v) is 12.0. The Morgan fingerprint density at radius 2 is 1.36 bits per heavy atom. The average molecular weight is 547 g/mol. The lowest BCUT2D eigenvalue weighted by atomic mass is 10.1. The third kappa shape index (κ3) is 6.96. The highest BCUT2D eigenvalue weighted by atomic mass is 79.9. The zero-order valence-electron chi connectivity index (χ0n) is 19.3. The number of para-hydroxylation sites is 2. The number of hydrogen-bond donors (Lipinski definition) is 0. The molecule has 0 aromatic heterocycles. The summed E-state index contributed by atoms with van der Waals surface area (Å²) in [4.78, 5) is 25.0. The number of benzene rings is 4. The molecule has 4 rings (SSSR count). The first-order chi connectivity index (χ1) is 17.6. The van der Waals surface area contributed by atoms with E-state index in [-0.39, 0.29) is 31.1 Å². The van der Waals surface area contributed by atoms with Crippen molar-refractivity contribution < 1.29 is 28.5 Å². The van der Waals surface area contributed by atoms with E-state index < -0.39 is 11.9 Å². The van der Waals surface area contributed by atoms with Crippen molar-refractivity contribution >= 4 is 27.9 Å². The molecule has 0 aliphatic heterocycles.